The van der Waals surface area contributed by atoms with Gasteiger partial charge in [-0.15, -0.1) is 11.3 Å². The number of furan rings is 2. The Balaban J connectivity index is 1.18. The van der Waals surface area contributed by atoms with Crippen LogP contribution < -0.4 is 4.90 Å². The summed E-state index contributed by atoms with van der Waals surface area (Å²) in [6.07, 6.45) is 0. The van der Waals surface area contributed by atoms with E-state index in [-0.39, 0.29) is 0 Å². The number of fused-ring (bicyclic) bond motifs is 9. The van der Waals surface area contributed by atoms with Crippen molar-refractivity contribution in [1.29, 1.82) is 0 Å². The van der Waals surface area contributed by atoms with E-state index in [9.17, 15) is 0 Å². The minimum atomic E-state index is 0.867. The fraction of sp³-hybridized carbons (Fsp3) is 0. The van der Waals surface area contributed by atoms with Crippen LogP contribution in [-0.2, 0) is 0 Å². The van der Waals surface area contributed by atoms with Gasteiger partial charge in [-0.1, -0.05) is 109 Å². The summed E-state index contributed by atoms with van der Waals surface area (Å²) in [7, 11) is 0. The number of thiophene rings is 1. The highest BCUT2D eigenvalue weighted by atomic mass is 32.1. The zero-order chi connectivity index (χ0) is 34.2. The van der Waals surface area contributed by atoms with Crippen LogP contribution in [0, 0.1) is 0 Å². The molecule has 0 unspecified atom stereocenters. The molecule has 0 aliphatic rings. The zero-order valence-electron chi connectivity index (χ0n) is 27.9. The second-order valence-electron chi connectivity index (χ2n) is 13.3. The first-order valence-corrected chi connectivity index (χ1v) is 18.3. The van der Waals surface area contributed by atoms with E-state index in [0.717, 1.165) is 72.1 Å². The molecular formula is C48H29NO2S. The van der Waals surface area contributed by atoms with E-state index in [4.69, 9.17) is 8.83 Å². The van der Waals surface area contributed by atoms with Crippen LogP contribution in [0.25, 0.3) is 86.3 Å². The van der Waals surface area contributed by atoms with E-state index in [1.54, 1.807) is 0 Å². The van der Waals surface area contributed by atoms with Crippen molar-refractivity contribution < 1.29 is 8.83 Å². The lowest BCUT2D eigenvalue weighted by Gasteiger charge is -2.27. The summed E-state index contributed by atoms with van der Waals surface area (Å²) in [5, 5.41) is 6.86. The van der Waals surface area contributed by atoms with Crippen LogP contribution in [0.1, 0.15) is 0 Å². The van der Waals surface area contributed by atoms with Gasteiger partial charge in [0.15, 0.2) is 0 Å². The number of para-hydroxylation sites is 2. The SMILES string of the molecule is c1ccc(-c2ccc3c(c2)sc2ccc(N(c4ccc5oc6ccccc6c5c4)c4ccc(-c5ccccc5)c5oc6ccccc6c45)cc23)cc1. The molecule has 3 heterocycles. The third kappa shape index (κ3) is 4.51. The summed E-state index contributed by atoms with van der Waals surface area (Å²) in [5.74, 6) is 0. The van der Waals surface area contributed by atoms with Gasteiger partial charge < -0.3 is 13.7 Å². The van der Waals surface area contributed by atoms with Crippen molar-refractivity contribution in [1.82, 2.24) is 0 Å². The molecule has 0 N–H and O–H groups in total. The van der Waals surface area contributed by atoms with Gasteiger partial charge >= 0.3 is 0 Å². The Morgan fingerprint density at radius 1 is 0.385 bits per heavy atom. The number of benzene rings is 8. The summed E-state index contributed by atoms with van der Waals surface area (Å²) >= 11 is 1.85. The number of hydrogen-bond acceptors (Lipinski definition) is 4. The molecule has 3 aromatic heterocycles. The molecule has 0 atom stereocenters. The molecule has 0 bridgehead atoms. The van der Waals surface area contributed by atoms with Crippen molar-refractivity contribution in [3.63, 3.8) is 0 Å². The minimum Gasteiger partial charge on any atom is -0.456 e. The van der Waals surface area contributed by atoms with Gasteiger partial charge in [-0.2, -0.15) is 0 Å². The summed E-state index contributed by atoms with van der Waals surface area (Å²) in [5.41, 5.74) is 11.3. The second-order valence-corrected chi connectivity index (χ2v) is 14.4. The molecule has 4 heteroatoms. The first-order chi connectivity index (χ1) is 25.8. The van der Waals surface area contributed by atoms with Crippen LogP contribution in [-0.4, -0.2) is 0 Å². The monoisotopic (exact) mass is 683 g/mol. The standard InChI is InChI=1S/C48H29NO2S/c1-3-11-30(12-4-1)32-19-22-37-40-29-34(21-26-45(40)52-46(37)27-32)49(33-20-25-44-39(28-33)36-15-7-9-17-42(36)50-44)41-24-23-35(31-13-5-2-6-14-31)48-47(41)38-16-8-10-18-43(38)51-48/h1-29H. The topological polar surface area (TPSA) is 29.5 Å². The maximum atomic E-state index is 6.74. The van der Waals surface area contributed by atoms with Crippen LogP contribution in [0.3, 0.4) is 0 Å². The largest absolute Gasteiger partial charge is 0.456 e. The fourth-order valence-electron chi connectivity index (χ4n) is 7.84. The van der Waals surface area contributed by atoms with E-state index in [0.29, 0.717) is 0 Å². The van der Waals surface area contributed by atoms with Gasteiger partial charge in [0.1, 0.15) is 22.3 Å². The number of nitrogens with zero attached hydrogens (tertiary/aromatic N) is 1. The zero-order valence-corrected chi connectivity index (χ0v) is 28.7. The smallest absolute Gasteiger partial charge is 0.145 e. The van der Waals surface area contributed by atoms with Crippen molar-refractivity contribution in [2.24, 2.45) is 0 Å². The third-order valence-electron chi connectivity index (χ3n) is 10.3. The van der Waals surface area contributed by atoms with Gasteiger partial charge in [-0.3, -0.25) is 0 Å². The van der Waals surface area contributed by atoms with E-state index >= 15 is 0 Å². The van der Waals surface area contributed by atoms with Crippen molar-refractivity contribution in [2.45, 2.75) is 0 Å². The summed E-state index contributed by atoms with van der Waals surface area (Å²) in [6, 6.07) is 62.5. The van der Waals surface area contributed by atoms with Crippen LogP contribution in [0.15, 0.2) is 185 Å². The Morgan fingerprint density at radius 3 is 1.85 bits per heavy atom. The first kappa shape index (κ1) is 29.1. The molecule has 244 valence electrons. The Bertz CT molecular complexity index is 3130. The fourth-order valence-corrected chi connectivity index (χ4v) is 8.96. The van der Waals surface area contributed by atoms with Crippen molar-refractivity contribution >= 4 is 92.4 Å². The number of hydrogen-bond donors (Lipinski definition) is 0. The van der Waals surface area contributed by atoms with Crippen molar-refractivity contribution in [3.05, 3.63) is 176 Å². The molecule has 0 aliphatic heterocycles. The molecular weight excluding hydrogens is 655 g/mol. The molecule has 0 radical (unpaired) electrons. The van der Waals surface area contributed by atoms with E-state index in [1.165, 1.54) is 31.3 Å². The Labute approximate surface area is 303 Å². The lowest BCUT2D eigenvalue weighted by molar-refractivity contribution is 0.669. The molecule has 0 saturated heterocycles. The maximum Gasteiger partial charge on any atom is 0.145 e. The lowest BCUT2D eigenvalue weighted by Crippen LogP contribution is -2.10. The van der Waals surface area contributed by atoms with Crippen molar-refractivity contribution in [3.8, 4) is 22.3 Å². The Hall–Kier alpha value is -6.62. The predicted molar refractivity (Wildman–Crippen MR) is 219 cm³/mol. The van der Waals surface area contributed by atoms with Gasteiger partial charge in [-0.25, -0.2) is 0 Å². The highest BCUT2D eigenvalue weighted by molar-refractivity contribution is 7.25. The second kappa shape index (κ2) is 11.5. The average molecular weight is 684 g/mol. The quantitative estimate of drug-likeness (QED) is 0.181. The van der Waals surface area contributed by atoms with Crippen molar-refractivity contribution in [2.75, 3.05) is 4.90 Å². The molecule has 11 rings (SSSR count). The Kier molecular flexibility index (Phi) is 6.42. The third-order valence-corrected chi connectivity index (χ3v) is 11.4. The van der Waals surface area contributed by atoms with Crippen LogP contribution in [0.2, 0.25) is 0 Å². The molecule has 0 fully saturated rings. The van der Waals surface area contributed by atoms with Crippen LogP contribution in [0.4, 0.5) is 17.1 Å². The molecule has 8 aromatic carbocycles. The summed E-state index contributed by atoms with van der Waals surface area (Å²) < 4.78 is 15.6. The van der Waals surface area contributed by atoms with Gasteiger partial charge in [0, 0.05) is 53.3 Å². The van der Waals surface area contributed by atoms with Crippen LogP contribution >= 0.6 is 11.3 Å². The van der Waals surface area contributed by atoms with Gasteiger partial charge in [-0.05, 0) is 83.4 Å². The summed E-state index contributed by atoms with van der Waals surface area (Å²) in [4.78, 5) is 2.39. The first-order valence-electron chi connectivity index (χ1n) is 17.5. The molecule has 0 spiro atoms. The molecule has 0 aliphatic carbocycles. The lowest BCUT2D eigenvalue weighted by atomic mass is 9.99. The maximum absolute atomic E-state index is 6.74. The Morgan fingerprint density at radius 2 is 1.04 bits per heavy atom. The summed E-state index contributed by atoms with van der Waals surface area (Å²) in [6.45, 7) is 0. The molecule has 3 nitrogen and oxygen atoms in total. The number of anilines is 3. The minimum absolute atomic E-state index is 0.867. The molecule has 0 saturated carbocycles. The van der Waals surface area contributed by atoms with Crippen LogP contribution in [0.5, 0.6) is 0 Å². The molecule has 52 heavy (non-hydrogen) atoms. The predicted octanol–water partition coefficient (Wildman–Crippen LogP) is 14.7. The van der Waals surface area contributed by atoms with Gasteiger partial charge in [0.05, 0.1) is 11.1 Å². The normalized spacial score (nSPS) is 11.8. The van der Waals surface area contributed by atoms with E-state index in [1.807, 2.05) is 29.5 Å². The number of rotatable bonds is 5. The van der Waals surface area contributed by atoms with Gasteiger partial charge in [0.25, 0.3) is 0 Å². The molecule has 0 amide bonds. The average Bonchev–Trinajstić information content (AvgIpc) is 3.90. The molecule has 11 aromatic rings. The van der Waals surface area contributed by atoms with E-state index in [2.05, 4.69) is 163 Å². The highest BCUT2D eigenvalue weighted by Gasteiger charge is 2.23. The highest BCUT2D eigenvalue weighted by Crippen LogP contribution is 2.48. The van der Waals surface area contributed by atoms with E-state index < -0.39 is 0 Å². The van der Waals surface area contributed by atoms with Gasteiger partial charge in [0.2, 0.25) is 0 Å².